The standard InChI is InChI=1S/C34H41ClFN7O2S/c1-33(2,3)45-32(44)41-15-7-22(8-16-41)21-40-13-9-23(10-14-40)26-6-5-24(18-28(26)36)43-31(46)42(30(38)34(43)11-4-12-34)25-17-27(35)29(19-37)39-20-25/h5-6,17-18,20,22-23,38H,4,7-16,21H2,1-3H3. The van der Waals surface area contributed by atoms with Crippen LogP contribution in [0.15, 0.2) is 30.5 Å². The summed E-state index contributed by atoms with van der Waals surface area (Å²) in [5.74, 6) is 0.766. The molecule has 0 unspecified atom stereocenters. The van der Waals surface area contributed by atoms with E-state index in [0.717, 1.165) is 83.2 Å². The molecule has 1 N–H and O–H groups in total. The first-order valence-electron chi connectivity index (χ1n) is 16.2. The molecule has 244 valence electrons. The highest BCUT2D eigenvalue weighted by molar-refractivity contribution is 7.81. The van der Waals surface area contributed by atoms with Crippen molar-refractivity contribution in [1.29, 1.82) is 10.7 Å². The number of carbonyl (C=O) groups excluding carboxylic acids is 1. The lowest BCUT2D eigenvalue weighted by atomic mass is 9.75. The van der Waals surface area contributed by atoms with Crippen LogP contribution in [-0.4, -0.2) is 75.7 Å². The van der Waals surface area contributed by atoms with Gasteiger partial charge < -0.3 is 19.4 Å². The van der Waals surface area contributed by atoms with Crippen molar-refractivity contribution in [3.63, 3.8) is 0 Å². The first-order valence-corrected chi connectivity index (χ1v) is 17.0. The van der Waals surface area contributed by atoms with E-state index in [-0.39, 0.29) is 28.5 Å². The van der Waals surface area contributed by atoms with E-state index in [9.17, 15) is 10.1 Å². The van der Waals surface area contributed by atoms with Gasteiger partial charge in [-0.3, -0.25) is 10.3 Å². The number of pyridine rings is 1. The molecule has 0 radical (unpaired) electrons. The SMILES string of the molecule is CC(C)(C)OC(=O)N1CCC(CN2CCC(c3ccc(N4C(=S)N(c5cnc(C#N)c(Cl)c5)C(=N)C45CCC5)cc3F)CC2)CC1. The van der Waals surface area contributed by atoms with E-state index in [2.05, 4.69) is 9.88 Å². The van der Waals surface area contributed by atoms with Crippen molar-refractivity contribution in [2.45, 2.75) is 82.8 Å². The molecule has 4 fully saturated rings. The zero-order chi connectivity index (χ0) is 32.8. The van der Waals surface area contributed by atoms with Gasteiger partial charge in [-0.15, -0.1) is 0 Å². The number of anilines is 2. The number of halogens is 2. The predicted octanol–water partition coefficient (Wildman–Crippen LogP) is 7.08. The summed E-state index contributed by atoms with van der Waals surface area (Å²) in [6.07, 6.45) is 7.43. The minimum absolute atomic E-state index is 0.112. The summed E-state index contributed by atoms with van der Waals surface area (Å²) in [7, 11) is 0. The number of carbonyl (C=O) groups is 1. The number of likely N-dealkylation sites (tertiary alicyclic amines) is 2. The highest BCUT2D eigenvalue weighted by atomic mass is 35.5. The zero-order valence-electron chi connectivity index (χ0n) is 26.7. The third-order valence-electron chi connectivity index (χ3n) is 9.90. The lowest BCUT2D eigenvalue weighted by Gasteiger charge is -2.44. The number of piperidine rings is 2. The van der Waals surface area contributed by atoms with Crippen LogP contribution in [0.25, 0.3) is 0 Å². The molecule has 3 saturated heterocycles. The largest absolute Gasteiger partial charge is 0.444 e. The van der Waals surface area contributed by atoms with Crippen molar-refractivity contribution in [1.82, 2.24) is 14.8 Å². The number of amides is 1. The molecule has 9 nitrogen and oxygen atoms in total. The molecule has 1 aromatic carbocycles. The molecule has 1 aromatic heterocycles. The third kappa shape index (κ3) is 6.19. The highest BCUT2D eigenvalue weighted by Crippen LogP contribution is 2.48. The first-order chi connectivity index (χ1) is 21.9. The lowest BCUT2D eigenvalue weighted by Crippen LogP contribution is -2.55. The van der Waals surface area contributed by atoms with E-state index in [1.807, 2.05) is 48.8 Å². The van der Waals surface area contributed by atoms with Crippen LogP contribution in [0.2, 0.25) is 5.02 Å². The van der Waals surface area contributed by atoms with Crippen molar-refractivity contribution >= 4 is 52.2 Å². The number of hydrogen-bond acceptors (Lipinski definition) is 7. The number of amidine groups is 1. The van der Waals surface area contributed by atoms with Crippen LogP contribution in [-0.2, 0) is 4.74 Å². The smallest absolute Gasteiger partial charge is 0.410 e. The number of nitriles is 1. The molecule has 1 aliphatic carbocycles. The minimum atomic E-state index is -0.639. The van der Waals surface area contributed by atoms with Gasteiger partial charge in [0.05, 0.1) is 16.9 Å². The van der Waals surface area contributed by atoms with Gasteiger partial charge in [0.15, 0.2) is 10.8 Å². The Balaban J connectivity index is 1.08. The molecule has 4 heterocycles. The number of nitrogens with zero attached hydrogens (tertiary/aromatic N) is 6. The van der Waals surface area contributed by atoms with E-state index < -0.39 is 11.1 Å². The molecule has 0 bridgehead atoms. The lowest BCUT2D eigenvalue weighted by molar-refractivity contribution is 0.0165. The monoisotopic (exact) mass is 665 g/mol. The first kappa shape index (κ1) is 32.6. The fourth-order valence-corrected chi connectivity index (χ4v) is 7.98. The van der Waals surface area contributed by atoms with Crippen LogP contribution in [0.3, 0.4) is 0 Å². The molecular formula is C34H41ClFN7O2S. The van der Waals surface area contributed by atoms with Crippen LogP contribution in [0, 0.1) is 28.5 Å². The van der Waals surface area contributed by atoms with Crippen LogP contribution >= 0.6 is 23.8 Å². The van der Waals surface area contributed by atoms with Gasteiger partial charge in [-0.1, -0.05) is 17.7 Å². The summed E-state index contributed by atoms with van der Waals surface area (Å²) >= 11 is 12.2. The molecule has 2 aromatic rings. The Morgan fingerprint density at radius 1 is 1.15 bits per heavy atom. The summed E-state index contributed by atoms with van der Waals surface area (Å²) in [6, 6.07) is 8.98. The van der Waals surface area contributed by atoms with Crippen LogP contribution in [0.5, 0.6) is 0 Å². The molecule has 1 saturated carbocycles. The number of benzene rings is 1. The van der Waals surface area contributed by atoms with Gasteiger partial charge in [-0.2, -0.15) is 5.26 Å². The Labute approximate surface area is 280 Å². The van der Waals surface area contributed by atoms with E-state index in [4.69, 9.17) is 34.0 Å². The molecule has 1 spiro atoms. The van der Waals surface area contributed by atoms with Crippen molar-refractivity contribution in [3.05, 3.63) is 52.6 Å². The number of nitrogens with one attached hydrogen (secondary N) is 1. The summed E-state index contributed by atoms with van der Waals surface area (Å²) in [4.78, 5) is 24.4. The van der Waals surface area contributed by atoms with Gasteiger partial charge in [0, 0.05) is 25.3 Å². The summed E-state index contributed by atoms with van der Waals surface area (Å²) in [6.45, 7) is 9.98. The highest BCUT2D eigenvalue weighted by Gasteiger charge is 2.57. The maximum Gasteiger partial charge on any atom is 0.410 e. The van der Waals surface area contributed by atoms with Crippen LogP contribution in [0.1, 0.15) is 82.9 Å². The fourth-order valence-electron chi connectivity index (χ4n) is 7.30. The molecule has 46 heavy (non-hydrogen) atoms. The van der Waals surface area contributed by atoms with Crippen molar-refractivity contribution in [2.24, 2.45) is 5.92 Å². The Hall–Kier alpha value is -3.33. The minimum Gasteiger partial charge on any atom is -0.444 e. The second-order valence-corrected chi connectivity index (χ2v) is 14.8. The molecular weight excluding hydrogens is 625 g/mol. The van der Waals surface area contributed by atoms with Gasteiger partial charge in [0.1, 0.15) is 28.9 Å². The predicted molar refractivity (Wildman–Crippen MR) is 181 cm³/mol. The Bertz CT molecular complexity index is 1570. The number of hydrogen-bond donors (Lipinski definition) is 1. The van der Waals surface area contributed by atoms with Gasteiger partial charge in [0.2, 0.25) is 0 Å². The Morgan fingerprint density at radius 3 is 2.41 bits per heavy atom. The summed E-state index contributed by atoms with van der Waals surface area (Å²) < 4.78 is 21.4. The Morgan fingerprint density at radius 2 is 1.85 bits per heavy atom. The number of ether oxygens (including phenoxy) is 1. The van der Waals surface area contributed by atoms with E-state index in [1.54, 1.807) is 17.0 Å². The Kier molecular flexibility index (Phi) is 9.00. The molecule has 4 aliphatic rings. The maximum absolute atomic E-state index is 15.9. The number of thiocarbonyl (C=S) groups is 1. The molecule has 1 amide bonds. The van der Waals surface area contributed by atoms with E-state index in [0.29, 0.717) is 28.2 Å². The quantitative estimate of drug-likeness (QED) is 0.338. The summed E-state index contributed by atoms with van der Waals surface area (Å²) in [5.41, 5.74) is 0.882. The van der Waals surface area contributed by atoms with Gasteiger partial charge in [-0.25, -0.2) is 14.2 Å². The van der Waals surface area contributed by atoms with Gasteiger partial charge in [0.25, 0.3) is 0 Å². The fraction of sp³-hybridized carbons (Fsp3) is 0.559. The number of rotatable bonds is 5. The van der Waals surface area contributed by atoms with E-state index >= 15 is 4.39 Å². The van der Waals surface area contributed by atoms with Gasteiger partial charge in [-0.05, 0) is 127 Å². The van der Waals surface area contributed by atoms with Crippen molar-refractivity contribution < 1.29 is 13.9 Å². The van der Waals surface area contributed by atoms with Crippen LogP contribution < -0.4 is 9.80 Å². The molecule has 0 atom stereocenters. The molecule has 6 rings (SSSR count). The normalized spacial score (nSPS) is 21.1. The second kappa shape index (κ2) is 12.7. The topological polar surface area (TPSA) is 99.8 Å². The van der Waals surface area contributed by atoms with Gasteiger partial charge >= 0.3 is 6.09 Å². The molecule has 12 heteroatoms. The average Bonchev–Trinajstić information content (AvgIpc) is 3.23. The van der Waals surface area contributed by atoms with E-state index in [1.165, 1.54) is 6.20 Å². The third-order valence-corrected chi connectivity index (χ3v) is 10.6. The summed E-state index contributed by atoms with van der Waals surface area (Å²) in [5, 5.41) is 18.9. The number of aromatic nitrogens is 1. The second-order valence-electron chi connectivity index (χ2n) is 14.0. The van der Waals surface area contributed by atoms with Crippen molar-refractivity contribution in [3.8, 4) is 6.07 Å². The zero-order valence-corrected chi connectivity index (χ0v) is 28.3. The average molecular weight is 666 g/mol. The van der Waals surface area contributed by atoms with Crippen molar-refractivity contribution in [2.75, 3.05) is 42.5 Å². The maximum atomic E-state index is 15.9. The molecule has 3 aliphatic heterocycles. The van der Waals surface area contributed by atoms with Crippen LogP contribution in [0.4, 0.5) is 20.6 Å².